The summed E-state index contributed by atoms with van der Waals surface area (Å²) >= 11 is 6.27. The quantitative estimate of drug-likeness (QED) is 0.493. The van der Waals surface area contributed by atoms with Crippen LogP contribution in [-0.4, -0.2) is 30.8 Å². The lowest BCUT2D eigenvalue weighted by molar-refractivity contribution is 0.275. The highest BCUT2D eigenvalue weighted by Crippen LogP contribution is 2.40. The number of halogens is 2. The molecule has 0 N–H and O–H groups in total. The monoisotopic (exact) mass is 399 g/mol. The fraction of sp³-hybridized carbons (Fsp3) is 0.400. The van der Waals surface area contributed by atoms with Crippen LogP contribution in [-0.2, 0) is 6.42 Å². The van der Waals surface area contributed by atoms with Gasteiger partial charge in [-0.3, -0.25) is 4.98 Å². The van der Waals surface area contributed by atoms with Crippen LogP contribution in [0, 0.1) is 12.8 Å². The summed E-state index contributed by atoms with van der Waals surface area (Å²) in [5.74, 6) is 1.87. The summed E-state index contributed by atoms with van der Waals surface area (Å²) in [6.07, 6.45) is 2.58. The zero-order chi connectivity index (χ0) is 19.4. The van der Waals surface area contributed by atoms with E-state index in [1.54, 1.807) is 13.1 Å². The van der Waals surface area contributed by atoms with Crippen molar-refractivity contribution in [1.29, 1.82) is 0 Å². The molecule has 3 unspecified atom stereocenters. The summed E-state index contributed by atoms with van der Waals surface area (Å²) in [6, 6.07) is 5.63. The molecule has 6 nitrogen and oxygen atoms in total. The number of aryl methyl sites for hydroxylation is 1. The molecule has 0 radical (unpaired) electrons. The van der Waals surface area contributed by atoms with E-state index in [1.807, 2.05) is 25.1 Å². The summed E-state index contributed by atoms with van der Waals surface area (Å²) in [5.41, 5.74) is 2.54. The average Bonchev–Trinajstić information content (AvgIpc) is 3.32. The summed E-state index contributed by atoms with van der Waals surface area (Å²) in [5, 5.41) is 5.56. The van der Waals surface area contributed by atoms with E-state index >= 15 is 0 Å². The van der Waals surface area contributed by atoms with Gasteiger partial charge >= 0.3 is 0 Å². The van der Waals surface area contributed by atoms with Gasteiger partial charge in [0.1, 0.15) is 17.5 Å². The normalized spacial score (nSPS) is 22.5. The SMILES string of the molecule is Cc1nc(Cc2nc3cnc4ccc(Cl)cc4c3n2C2CC(C)C(F)C2)no1. The van der Waals surface area contributed by atoms with Crippen LogP contribution in [0.15, 0.2) is 28.9 Å². The van der Waals surface area contributed by atoms with Gasteiger partial charge in [-0.15, -0.1) is 0 Å². The molecule has 0 spiro atoms. The average molecular weight is 400 g/mol. The third kappa shape index (κ3) is 2.85. The van der Waals surface area contributed by atoms with Gasteiger partial charge < -0.3 is 9.09 Å². The van der Waals surface area contributed by atoms with Crippen LogP contribution < -0.4 is 0 Å². The number of hydrogen-bond donors (Lipinski definition) is 0. The Hall–Kier alpha value is -2.54. The molecular formula is C20H19ClFN5O. The number of nitrogens with zero attached hydrogens (tertiary/aromatic N) is 5. The largest absolute Gasteiger partial charge is 0.340 e. The second kappa shape index (κ2) is 6.51. The van der Waals surface area contributed by atoms with Crippen LogP contribution in [0.3, 0.4) is 0 Å². The van der Waals surface area contributed by atoms with Crippen molar-refractivity contribution in [3.05, 3.63) is 47.0 Å². The topological polar surface area (TPSA) is 69.6 Å². The first-order valence-electron chi connectivity index (χ1n) is 9.38. The van der Waals surface area contributed by atoms with Crippen LogP contribution in [0.5, 0.6) is 0 Å². The van der Waals surface area contributed by atoms with Gasteiger partial charge in [0.2, 0.25) is 5.89 Å². The molecule has 144 valence electrons. The van der Waals surface area contributed by atoms with Crippen molar-refractivity contribution in [2.24, 2.45) is 5.92 Å². The van der Waals surface area contributed by atoms with Crippen LogP contribution in [0.1, 0.15) is 43.3 Å². The van der Waals surface area contributed by atoms with Crippen molar-refractivity contribution in [3.63, 3.8) is 0 Å². The molecule has 0 bridgehead atoms. The van der Waals surface area contributed by atoms with E-state index in [0.717, 1.165) is 34.2 Å². The van der Waals surface area contributed by atoms with Crippen molar-refractivity contribution < 1.29 is 8.91 Å². The van der Waals surface area contributed by atoms with E-state index in [4.69, 9.17) is 21.1 Å². The Kier molecular flexibility index (Phi) is 4.08. The van der Waals surface area contributed by atoms with E-state index < -0.39 is 6.17 Å². The number of benzene rings is 1. The van der Waals surface area contributed by atoms with Crippen molar-refractivity contribution in [2.75, 3.05) is 0 Å². The smallest absolute Gasteiger partial charge is 0.223 e. The number of fused-ring (bicyclic) bond motifs is 3. The van der Waals surface area contributed by atoms with Gasteiger partial charge in [-0.1, -0.05) is 23.7 Å². The fourth-order valence-corrected chi connectivity index (χ4v) is 4.42. The summed E-state index contributed by atoms with van der Waals surface area (Å²) in [6.45, 7) is 3.72. The van der Waals surface area contributed by atoms with Crippen LogP contribution >= 0.6 is 11.6 Å². The van der Waals surface area contributed by atoms with Crippen molar-refractivity contribution >= 4 is 33.5 Å². The van der Waals surface area contributed by atoms with E-state index in [-0.39, 0.29) is 12.0 Å². The molecule has 1 fully saturated rings. The molecule has 1 aliphatic rings. The van der Waals surface area contributed by atoms with Crippen LogP contribution in [0.25, 0.3) is 21.9 Å². The van der Waals surface area contributed by atoms with Gasteiger partial charge in [0.25, 0.3) is 0 Å². The highest BCUT2D eigenvalue weighted by atomic mass is 35.5. The molecule has 3 aromatic heterocycles. The molecule has 28 heavy (non-hydrogen) atoms. The molecule has 5 rings (SSSR count). The minimum atomic E-state index is -0.820. The van der Waals surface area contributed by atoms with Crippen molar-refractivity contribution in [2.45, 2.75) is 45.3 Å². The second-order valence-electron chi connectivity index (χ2n) is 7.58. The Morgan fingerprint density at radius 2 is 2.11 bits per heavy atom. The van der Waals surface area contributed by atoms with Gasteiger partial charge in [-0.05, 0) is 37.0 Å². The third-order valence-electron chi connectivity index (χ3n) is 5.56. The molecule has 1 aliphatic carbocycles. The zero-order valence-electron chi connectivity index (χ0n) is 15.6. The van der Waals surface area contributed by atoms with Gasteiger partial charge in [0.05, 0.1) is 23.7 Å². The zero-order valence-corrected chi connectivity index (χ0v) is 16.3. The molecule has 3 heterocycles. The maximum atomic E-state index is 14.4. The first kappa shape index (κ1) is 17.6. The molecule has 8 heteroatoms. The lowest BCUT2D eigenvalue weighted by Gasteiger charge is -2.17. The summed E-state index contributed by atoms with van der Waals surface area (Å²) in [7, 11) is 0. The van der Waals surface area contributed by atoms with Gasteiger partial charge in [-0.2, -0.15) is 4.98 Å². The standard InChI is InChI=1S/C20H19ClFN5O/c1-10-5-13(7-15(10)22)27-19(8-18-24-11(2)28-26-18)25-17-9-23-16-4-3-12(21)6-14(16)20(17)27/h3-4,6,9-10,13,15H,5,7-8H2,1-2H3. The summed E-state index contributed by atoms with van der Waals surface area (Å²) < 4.78 is 21.7. The molecule has 0 saturated heterocycles. The van der Waals surface area contributed by atoms with E-state index in [1.165, 1.54) is 0 Å². The maximum absolute atomic E-state index is 14.4. The fourth-order valence-electron chi connectivity index (χ4n) is 4.25. The molecular weight excluding hydrogens is 381 g/mol. The van der Waals surface area contributed by atoms with Gasteiger partial charge in [0, 0.05) is 23.4 Å². The Morgan fingerprint density at radius 1 is 1.25 bits per heavy atom. The number of pyridine rings is 1. The van der Waals surface area contributed by atoms with E-state index in [9.17, 15) is 4.39 Å². The Bertz CT molecular complexity index is 1180. The number of hydrogen-bond acceptors (Lipinski definition) is 5. The molecule has 0 amide bonds. The van der Waals surface area contributed by atoms with E-state index in [0.29, 0.717) is 29.6 Å². The first-order chi connectivity index (χ1) is 13.5. The molecule has 1 aromatic carbocycles. The predicted octanol–water partition coefficient (Wildman–Crippen LogP) is 4.83. The first-order valence-corrected chi connectivity index (χ1v) is 9.75. The van der Waals surface area contributed by atoms with Crippen LogP contribution in [0.4, 0.5) is 4.39 Å². The molecule has 0 aliphatic heterocycles. The van der Waals surface area contributed by atoms with Gasteiger partial charge in [0.15, 0.2) is 5.82 Å². The lowest BCUT2D eigenvalue weighted by atomic mass is 10.1. The predicted molar refractivity (Wildman–Crippen MR) is 104 cm³/mol. The highest BCUT2D eigenvalue weighted by Gasteiger charge is 2.35. The number of alkyl halides is 1. The second-order valence-corrected chi connectivity index (χ2v) is 8.01. The minimum absolute atomic E-state index is 0.0133. The van der Waals surface area contributed by atoms with Crippen molar-refractivity contribution in [1.82, 2.24) is 24.7 Å². The molecule has 1 saturated carbocycles. The Labute approximate surface area is 165 Å². The number of imidazole rings is 1. The Morgan fingerprint density at radius 3 is 2.82 bits per heavy atom. The van der Waals surface area contributed by atoms with E-state index in [2.05, 4.69) is 19.7 Å². The number of aromatic nitrogens is 5. The highest BCUT2D eigenvalue weighted by molar-refractivity contribution is 6.31. The van der Waals surface area contributed by atoms with Crippen molar-refractivity contribution in [3.8, 4) is 0 Å². The molecule has 3 atom stereocenters. The van der Waals surface area contributed by atoms with Crippen LogP contribution in [0.2, 0.25) is 5.02 Å². The molecule has 4 aromatic rings. The minimum Gasteiger partial charge on any atom is -0.340 e. The van der Waals surface area contributed by atoms with Gasteiger partial charge in [-0.25, -0.2) is 9.37 Å². The Balaban J connectivity index is 1.75. The maximum Gasteiger partial charge on any atom is 0.223 e. The lowest BCUT2D eigenvalue weighted by Crippen LogP contribution is -2.11. The third-order valence-corrected chi connectivity index (χ3v) is 5.80. The summed E-state index contributed by atoms with van der Waals surface area (Å²) in [4.78, 5) is 13.6. The number of rotatable bonds is 3.